The molecule has 0 N–H and O–H groups in total. The van der Waals surface area contributed by atoms with Crippen molar-refractivity contribution in [2.75, 3.05) is 0 Å². The van der Waals surface area contributed by atoms with Crippen LogP contribution >= 0.6 is 0 Å². The Balaban J connectivity index is 0.996. The first kappa shape index (κ1) is 22.2. The SMILES string of the molecule is [2H]c1c([2H])c(-c2ccc(-n3c4cccc5ccc6cccc3c6c54)cc2)c([2H])c([2H])c1-c1ccc(-n2c3cccc4ccc5cccc2c5c43)cc1. The highest BCUT2D eigenvalue weighted by molar-refractivity contribution is 6.25. The summed E-state index contributed by atoms with van der Waals surface area (Å²) in [6.07, 6.45) is 0. The zero-order chi connectivity index (χ0) is 34.8. The predicted molar refractivity (Wildman–Crippen MR) is 203 cm³/mol. The van der Waals surface area contributed by atoms with Crippen molar-refractivity contribution < 1.29 is 5.48 Å². The van der Waals surface area contributed by atoms with Crippen molar-refractivity contribution in [3.63, 3.8) is 0 Å². The second kappa shape index (κ2) is 9.57. The second-order valence-electron chi connectivity index (χ2n) is 12.6. The van der Waals surface area contributed by atoms with E-state index in [1.54, 1.807) is 0 Å². The highest BCUT2D eigenvalue weighted by Crippen LogP contribution is 2.40. The van der Waals surface area contributed by atoms with Crippen LogP contribution in [0.15, 0.2) is 170 Å². The largest absolute Gasteiger partial charge is 0.309 e. The van der Waals surface area contributed by atoms with Gasteiger partial charge in [-0.15, -0.1) is 0 Å². The lowest BCUT2D eigenvalue weighted by molar-refractivity contribution is 1.18. The molecule has 48 heavy (non-hydrogen) atoms. The summed E-state index contributed by atoms with van der Waals surface area (Å²) < 4.78 is 40.9. The van der Waals surface area contributed by atoms with Crippen LogP contribution < -0.4 is 0 Å². The van der Waals surface area contributed by atoms with Gasteiger partial charge in [-0.2, -0.15) is 0 Å². The molecule has 0 spiro atoms. The van der Waals surface area contributed by atoms with E-state index < -0.39 is 0 Å². The number of benzene rings is 9. The maximum absolute atomic E-state index is 9.09. The van der Waals surface area contributed by atoms with Crippen LogP contribution in [-0.4, -0.2) is 9.13 Å². The molecular weight excluding hydrogens is 581 g/mol. The third-order valence-electron chi connectivity index (χ3n) is 10.1. The van der Waals surface area contributed by atoms with Crippen LogP contribution in [0.2, 0.25) is 0 Å². The molecule has 2 aromatic heterocycles. The van der Waals surface area contributed by atoms with Gasteiger partial charge in [0.05, 0.1) is 27.5 Å². The minimum atomic E-state index is -0.0516. The zero-order valence-electron chi connectivity index (χ0n) is 29.8. The third kappa shape index (κ3) is 3.52. The summed E-state index contributed by atoms with van der Waals surface area (Å²) in [4.78, 5) is 0. The fraction of sp³-hybridized carbons (Fsp3) is 0. The van der Waals surface area contributed by atoms with E-state index in [2.05, 4.69) is 106 Å². The average molecular weight is 613 g/mol. The van der Waals surface area contributed by atoms with Crippen molar-refractivity contribution in [2.45, 2.75) is 0 Å². The number of hydrogen-bond donors (Lipinski definition) is 0. The minimum absolute atomic E-state index is 0.0516. The van der Waals surface area contributed by atoms with Crippen molar-refractivity contribution >= 4 is 65.2 Å². The fourth-order valence-corrected chi connectivity index (χ4v) is 7.95. The topological polar surface area (TPSA) is 9.86 Å². The first-order valence-corrected chi connectivity index (χ1v) is 16.3. The number of nitrogens with zero attached hydrogens (tertiary/aromatic N) is 2. The van der Waals surface area contributed by atoms with E-state index in [-0.39, 0.29) is 24.2 Å². The van der Waals surface area contributed by atoms with Gasteiger partial charge in [-0.25, -0.2) is 0 Å². The summed E-state index contributed by atoms with van der Waals surface area (Å²) in [6, 6.07) is 49.7. The van der Waals surface area contributed by atoms with E-state index in [0.29, 0.717) is 22.3 Å². The second-order valence-corrected chi connectivity index (χ2v) is 12.6. The Morgan fingerprint density at radius 3 is 0.875 bits per heavy atom. The van der Waals surface area contributed by atoms with Crippen molar-refractivity contribution in [2.24, 2.45) is 0 Å². The van der Waals surface area contributed by atoms with Gasteiger partial charge >= 0.3 is 0 Å². The van der Waals surface area contributed by atoms with Crippen LogP contribution in [-0.2, 0) is 0 Å². The standard InChI is InChI=1S/C46H28N2/c1-5-33-17-18-34-6-2-10-40-44(34)43(33)39(9-1)47(40)37-25-21-31(22-26-37)29-13-15-30(16-14-29)32-23-27-38(28-24-32)48-41-11-3-7-35-19-20-36-8-4-12-42(48)46(36)45(35)41/h1-28H/i13D,14D,15D,16D. The minimum Gasteiger partial charge on any atom is -0.309 e. The van der Waals surface area contributed by atoms with Gasteiger partial charge in [-0.1, -0.05) is 121 Å². The molecule has 9 aromatic carbocycles. The molecule has 0 aliphatic heterocycles. The molecule has 0 amide bonds. The molecule has 0 saturated heterocycles. The molecule has 222 valence electrons. The van der Waals surface area contributed by atoms with Gasteiger partial charge in [-0.05, 0) is 92.3 Å². The van der Waals surface area contributed by atoms with Gasteiger partial charge in [0.25, 0.3) is 0 Å². The summed E-state index contributed by atoms with van der Waals surface area (Å²) in [5.74, 6) is 0. The molecular formula is C46H28N2. The summed E-state index contributed by atoms with van der Waals surface area (Å²) in [6.45, 7) is 0. The molecule has 0 aliphatic rings. The molecule has 11 rings (SSSR count). The van der Waals surface area contributed by atoms with Gasteiger partial charge < -0.3 is 9.13 Å². The van der Waals surface area contributed by atoms with Crippen LogP contribution in [0, 0.1) is 0 Å². The molecule has 0 aliphatic carbocycles. The highest BCUT2D eigenvalue weighted by atomic mass is 15.0. The number of hydrogen-bond acceptors (Lipinski definition) is 0. The quantitative estimate of drug-likeness (QED) is 0.175. The van der Waals surface area contributed by atoms with E-state index in [0.717, 1.165) is 33.4 Å². The summed E-state index contributed by atoms with van der Waals surface area (Å²) in [5.41, 5.74) is 8.33. The molecule has 0 saturated carbocycles. The van der Waals surface area contributed by atoms with E-state index >= 15 is 0 Å². The van der Waals surface area contributed by atoms with Crippen molar-refractivity contribution in [3.05, 3.63) is 170 Å². The lowest BCUT2D eigenvalue weighted by atomic mass is 10.00. The van der Waals surface area contributed by atoms with Crippen LogP contribution in [0.3, 0.4) is 0 Å². The van der Waals surface area contributed by atoms with Crippen molar-refractivity contribution in [3.8, 4) is 33.6 Å². The predicted octanol–water partition coefficient (Wildman–Crippen LogP) is 12.4. The van der Waals surface area contributed by atoms with Crippen LogP contribution in [0.1, 0.15) is 5.48 Å². The van der Waals surface area contributed by atoms with E-state index in [1.807, 2.05) is 48.5 Å². The smallest absolute Gasteiger partial charge is 0.0629 e. The van der Waals surface area contributed by atoms with Gasteiger partial charge in [0.15, 0.2) is 0 Å². The molecule has 0 atom stereocenters. The maximum Gasteiger partial charge on any atom is 0.0629 e. The average Bonchev–Trinajstić information content (AvgIpc) is 3.71. The summed E-state index contributed by atoms with van der Waals surface area (Å²) in [7, 11) is 0. The molecule has 2 nitrogen and oxygen atoms in total. The fourth-order valence-electron chi connectivity index (χ4n) is 7.95. The van der Waals surface area contributed by atoms with Crippen LogP contribution in [0.4, 0.5) is 0 Å². The Hall–Kier alpha value is -6.38. The Kier molecular flexibility index (Phi) is 4.43. The lowest BCUT2D eigenvalue weighted by Crippen LogP contribution is -1.94. The molecule has 2 heterocycles. The monoisotopic (exact) mass is 612 g/mol. The summed E-state index contributed by atoms with van der Waals surface area (Å²) in [5, 5.41) is 9.76. The molecule has 0 bridgehead atoms. The number of aromatic nitrogens is 2. The van der Waals surface area contributed by atoms with Crippen LogP contribution in [0.5, 0.6) is 0 Å². The Bertz CT molecular complexity index is 2830. The Labute approximate surface area is 282 Å². The zero-order valence-corrected chi connectivity index (χ0v) is 25.8. The first-order chi connectivity index (χ1) is 25.5. The molecule has 0 fully saturated rings. The van der Waals surface area contributed by atoms with E-state index in [4.69, 9.17) is 5.48 Å². The third-order valence-corrected chi connectivity index (χ3v) is 10.1. The van der Waals surface area contributed by atoms with Gasteiger partial charge in [0, 0.05) is 32.9 Å². The first-order valence-electron chi connectivity index (χ1n) is 18.3. The van der Waals surface area contributed by atoms with Gasteiger partial charge in [0.1, 0.15) is 0 Å². The highest BCUT2D eigenvalue weighted by Gasteiger charge is 2.17. The summed E-state index contributed by atoms with van der Waals surface area (Å²) >= 11 is 0. The van der Waals surface area contributed by atoms with E-state index in [9.17, 15) is 0 Å². The molecule has 0 unspecified atom stereocenters. The van der Waals surface area contributed by atoms with Crippen molar-refractivity contribution in [1.82, 2.24) is 9.13 Å². The molecule has 11 aromatic rings. The number of rotatable bonds is 4. The Morgan fingerprint density at radius 1 is 0.292 bits per heavy atom. The van der Waals surface area contributed by atoms with Gasteiger partial charge in [-0.3, -0.25) is 0 Å². The lowest BCUT2D eigenvalue weighted by Gasteiger charge is -2.11. The van der Waals surface area contributed by atoms with E-state index in [1.165, 1.54) is 43.1 Å². The maximum atomic E-state index is 9.09. The van der Waals surface area contributed by atoms with Crippen LogP contribution in [0.25, 0.3) is 98.8 Å². The van der Waals surface area contributed by atoms with Gasteiger partial charge in [0.2, 0.25) is 0 Å². The Morgan fingerprint density at radius 2 is 0.583 bits per heavy atom. The molecule has 2 heteroatoms. The van der Waals surface area contributed by atoms with Crippen molar-refractivity contribution in [1.29, 1.82) is 0 Å². The normalized spacial score (nSPS) is 13.3. The molecule has 0 radical (unpaired) electrons.